The molecule has 1 atom stereocenters. The van der Waals surface area contributed by atoms with E-state index in [0.717, 1.165) is 23.6 Å². The van der Waals surface area contributed by atoms with Gasteiger partial charge in [0, 0.05) is 12.1 Å². The number of hydrogen-bond donors (Lipinski definition) is 0. The summed E-state index contributed by atoms with van der Waals surface area (Å²) in [5.74, 6) is -2.27. The molecule has 0 radical (unpaired) electrons. The number of esters is 1. The minimum Gasteiger partial charge on any atom is -0.481 e. The summed E-state index contributed by atoms with van der Waals surface area (Å²) in [5.41, 5.74) is -2.52. The summed E-state index contributed by atoms with van der Waals surface area (Å²) >= 11 is 0. The maximum Gasteiger partial charge on any atom is 0.351 e. The second-order valence-corrected chi connectivity index (χ2v) is 8.29. The van der Waals surface area contributed by atoms with Gasteiger partial charge < -0.3 is 9.47 Å². The monoisotopic (exact) mass is 445 g/mol. The van der Waals surface area contributed by atoms with Gasteiger partial charge in [-0.3, -0.25) is 4.57 Å². The lowest BCUT2D eigenvalue weighted by Crippen LogP contribution is -2.30. The van der Waals surface area contributed by atoms with Gasteiger partial charge in [0.1, 0.15) is 40.9 Å². The predicted octanol–water partition coefficient (Wildman–Crippen LogP) is 3.75. The van der Waals surface area contributed by atoms with Gasteiger partial charge in [-0.2, -0.15) is 9.78 Å². The fourth-order valence-electron chi connectivity index (χ4n) is 2.99. The minimum atomic E-state index is -3.20. The molecule has 1 aromatic heterocycles. The molecule has 0 amide bonds. The first-order valence-corrected chi connectivity index (χ1v) is 9.69. The SMILES string of the molecule is Cc1nn(-c2cc(O[C@@H](CF)C(F)F)c(C(=O)OC(C)(C)C)cc2F)c(=O)n1C1CC1. The van der Waals surface area contributed by atoms with E-state index in [1.165, 1.54) is 4.57 Å². The average molecular weight is 445 g/mol. The number of alkyl halides is 3. The molecule has 1 heterocycles. The van der Waals surface area contributed by atoms with Gasteiger partial charge in [-0.1, -0.05) is 0 Å². The molecule has 1 aliphatic rings. The fraction of sp³-hybridized carbons (Fsp3) is 0.550. The number of aromatic nitrogens is 3. The first-order valence-electron chi connectivity index (χ1n) is 9.69. The number of halogens is 4. The highest BCUT2D eigenvalue weighted by molar-refractivity contribution is 5.93. The van der Waals surface area contributed by atoms with Crippen molar-refractivity contribution in [2.75, 3.05) is 6.67 Å². The Morgan fingerprint density at radius 2 is 1.94 bits per heavy atom. The normalized spacial score (nSPS) is 15.3. The highest BCUT2D eigenvalue weighted by Gasteiger charge is 2.31. The van der Waals surface area contributed by atoms with Crippen LogP contribution in [0.5, 0.6) is 5.75 Å². The summed E-state index contributed by atoms with van der Waals surface area (Å²) < 4.78 is 66.5. The summed E-state index contributed by atoms with van der Waals surface area (Å²) in [4.78, 5) is 25.2. The zero-order valence-corrected chi connectivity index (χ0v) is 17.5. The van der Waals surface area contributed by atoms with E-state index in [9.17, 15) is 27.2 Å². The number of carbonyl (C=O) groups is 1. The van der Waals surface area contributed by atoms with Gasteiger partial charge in [0.15, 0.2) is 6.10 Å². The lowest BCUT2D eigenvalue weighted by molar-refractivity contribution is -0.00587. The first kappa shape index (κ1) is 22.8. The Morgan fingerprint density at radius 3 is 2.45 bits per heavy atom. The Morgan fingerprint density at radius 1 is 1.29 bits per heavy atom. The van der Waals surface area contributed by atoms with E-state index in [-0.39, 0.29) is 6.04 Å². The lowest BCUT2D eigenvalue weighted by atomic mass is 10.1. The quantitative estimate of drug-likeness (QED) is 0.479. The van der Waals surface area contributed by atoms with Crippen molar-refractivity contribution in [3.8, 4) is 11.4 Å². The van der Waals surface area contributed by atoms with Crippen molar-refractivity contribution in [3.05, 3.63) is 39.8 Å². The van der Waals surface area contributed by atoms with Crippen LogP contribution in [0, 0.1) is 12.7 Å². The number of rotatable bonds is 7. The highest BCUT2D eigenvalue weighted by atomic mass is 19.3. The molecule has 0 unspecified atom stereocenters. The van der Waals surface area contributed by atoms with Crippen LogP contribution in [0.15, 0.2) is 16.9 Å². The molecule has 0 N–H and O–H groups in total. The second-order valence-electron chi connectivity index (χ2n) is 8.29. The van der Waals surface area contributed by atoms with Gasteiger partial charge in [0.2, 0.25) is 0 Å². The van der Waals surface area contributed by atoms with Gasteiger partial charge in [0.05, 0.1) is 0 Å². The fourth-order valence-corrected chi connectivity index (χ4v) is 2.99. The first-order chi connectivity index (χ1) is 14.4. The van der Waals surface area contributed by atoms with Crippen molar-refractivity contribution in [2.24, 2.45) is 0 Å². The van der Waals surface area contributed by atoms with E-state index in [1.807, 2.05) is 0 Å². The molecular formula is C20H23F4N3O4. The average Bonchev–Trinajstić information content (AvgIpc) is 3.43. The Bertz CT molecular complexity index is 1040. The summed E-state index contributed by atoms with van der Waals surface area (Å²) in [6, 6.07) is 1.55. The predicted molar refractivity (Wildman–Crippen MR) is 102 cm³/mol. The molecular weight excluding hydrogens is 422 g/mol. The molecule has 0 bridgehead atoms. The van der Waals surface area contributed by atoms with Crippen LogP contribution >= 0.6 is 0 Å². The van der Waals surface area contributed by atoms with Crippen molar-refractivity contribution in [1.82, 2.24) is 14.3 Å². The van der Waals surface area contributed by atoms with Crippen molar-refractivity contribution in [3.63, 3.8) is 0 Å². The van der Waals surface area contributed by atoms with Crippen LogP contribution in [0.2, 0.25) is 0 Å². The minimum absolute atomic E-state index is 0.0316. The summed E-state index contributed by atoms with van der Waals surface area (Å²) in [5, 5.41) is 4.05. The van der Waals surface area contributed by atoms with E-state index < -0.39 is 59.3 Å². The topological polar surface area (TPSA) is 75.4 Å². The largest absolute Gasteiger partial charge is 0.481 e. The summed E-state index contributed by atoms with van der Waals surface area (Å²) in [6.45, 7) is 4.72. The second kappa shape index (κ2) is 8.35. The van der Waals surface area contributed by atoms with Gasteiger partial charge >= 0.3 is 11.7 Å². The Hall–Kier alpha value is -2.85. The maximum atomic E-state index is 14.9. The zero-order valence-electron chi connectivity index (χ0n) is 17.5. The molecule has 0 saturated heterocycles. The van der Waals surface area contributed by atoms with E-state index in [4.69, 9.17) is 9.47 Å². The third kappa shape index (κ3) is 4.91. The van der Waals surface area contributed by atoms with Crippen LogP contribution in [0.3, 0.4) is 0 Å². The number of hydrogen-bond acceptors (Lipinski definition) is 5. The van der Waals surface area contributed by atoms with Crippen LogP contribution in [0.4, 0.5) is 17.6 Å². The molecule has 1 saturated carbocycles. The standard InChI is InChI=1S/C20H23F4N3O4/c1-10-25-27(19(29)26(10)11-5-6-11)14-8-15(30-16(9-21)17(23)24)12(7-13(14)22)18(28)31-20(2,3)4/h7-8,11,16-17H,5-6,9H2,1-4H3/t16-/m0/s1. The van der Waals surface area contributed by atoms with Crippen molar-refractivity contribution >= 4 is 5.97 Å². The molecule has 1 aliphatic carbocycles. The van der Waals surface area contributed by atoms with Crippen LogP contribution in [-0.4, -0.2) is 45.1 Å². The molecule has 1 fully saturated rings. The lowest BCUT2D eigenvalue weighted by Gasteiger charge is -2.22. The molecule has 31 heavy (non-hydrogen) atoms. The number of carbonyl (C=O) groups excluding carboxylic acids is 1. The molecule has 0 aliphatic heterocycles. The van der Waals surface area contributed by atoms with Crippen LogP contribution < -0.4 is 10.4 Å². The van der Waals surface area contributed by atoms with Crippen LogP contribution in [0.1, 0.15) is 55.8 Å². The Kier molecular flexibility index (Phi) is 6.15. The summed E-state index contributed by atoms with van der Waals surface area (Å²) in [6.07, 6.45) is -3.83. The third-order valence-corrected chi connectivity index (χ3v) is 4.50. The van der Waals surface area contributed by atoms with Gasteiger partial charge in [-0.25, -0.2) is 27.2 Å². The number of nitrogens with zero attached hydrogens (tertiary/aromatic N) is 3. The zero-order chi connectivity index (χ0) is 23.1. The molecule has 11 heteroatoms. The highest BCUT2D eigenvalue weighted by Crippen LogP contribution is 2.34. The smallest absolute Gasteiger partial charge is 0.351 e. The molecule has 1 aromatic carbocycles. The molecule has 170 valence electrons. The van der Waals surface area contributed by atoms with Crippen LogP contribution in [0.25, 0.3) is 5.69 Å². The van der Waals surface area contributed by atoms with E-state index in [2.05, 4.69) is 5.10 Å². The van der Waals surface area contributed by atoms with Crippen LogP contribution in [-0.2, 0) is 4.74 Å². The molecule has 7 nitrogen and oxygen atoms in total. The summed E-state index contributed by atoms with van der Waals surface area (Å²) in [7, 11) is 0. The molecule has 2 aromatic rings. The maximum absolute atomic E-state index is 14.9. The number of benzene rings is 1. The van der Waals surface area contributed by atoms with Gasteiger partial charge in [0.25, 0.3) is 6.43 Å². The Balaban J connectivity index is 2.12. The van der Waals surface area contributed by atoms with Gasteiger partial charge in [-0.15, -0.1) is 0 Å². The third-order valence-electron chi connectivity index (χ3n) is 4.50. The van der Waals surface area contributed by atoms with Crippen molar-refractivity contribution < 1.29 is 31.8 Å². The molecule has 3 rings (SSSR count). The van der Waals surface area contributed by atoms with E-state index >= 15 is 0 Å². The molecule has 0 spiro atoms. The van der Waals surface area contributed by atoms with Crippen molar-refractivity contribution in [1.29, 1.82) is 0 Å². The van der Waals surface area contributed by atoms with E-state index in [1.54, 1.807) is 27.7 Å². The van der Waals surface area contributed by atoms with Crippen molar-refractivity contribution in [2.45, 2.75) is 64.7 Å². The van der Waals surface area contributed by atoms with Gasteiger partial charge in [-0.05, 0) is 46.6 Å². The number of aryl methyl sites for hydroxylation is 1. The number of ether oxygens (including phenoxy) is 2. The Labute approximate surface area is 175 Å². The van der Waals surface area contributed by atoms with E-state index in [0.29, 0.717) is 11.9 Å².